The van der Waals surface area contributed by atoms with Crippen LogP contribution in [0.4, 0.5) is 0 Å². The molecule has 154 valence electrons. The highest BCUT2D eigenvalue weighted by atomic mass is 35.5. The van der Waals surface area contributed by atoms with Crippen molar-refractivity contribution < 1.29 is 9.52 Å². The zero-order valence-electron chi connectivity index (χ0n) is 16.7. The molecule has 0 amide bonds. The molecule has 0 unspecified atom stereocenters. The lowest BCUT2D eigenvalue weighted by atomic mass is 10.1. The third-order valence-electron chi connectivity index (χ3n) is 5.44. The Morgan fingerprint density at radius 3 is 2.69 bits per heavy atom. The molecule has 2 aromatic heterocycles. The predicted molar refractivity (Wildman–Crippen MR) is 113 cm³/mol. The normalized spacial score (nSPS) is 18.4. The molecule has 3 aromatic rings. The first-order valence-electron chi connectivity index (χ1n) is 10.0. The molecule has 1 saturated heterocycles. The van der Waals surface area contributed by atoms with Crippen molar-refractivity contribution in [2.45, 2.75) is 32.5 Å². The molecule has 1 aromatic carbocycles. The number of furan rings is 1. The smallest absolute Gasteiger partial charge is 0.118 e. The van der Waals surface area contributed by atoms with Crippen molar-refractivity contribution in [3.63, 3.8) is 0 Å². The maximum absolute atomic E-state index is 9.54. The number of aliphatic hydroxyl groups is 1. The molecule has 1 atom stereocenters. The highest BCUT2D eigenvalue weighted by molar-refractivity contribution is 6.30. The van der Waals surface area contributed by atoms with Crippen LogP contribution in [0, 0.1) is 6.92 Å². The van der Waals surface area contributed by atoms with Crippen molar-refractivity contribution >= 4 is 11.6 Å². The summed E-state index contributed by atoms with van der Waals surface area (Å²) in [5.74, 6) is 1.93. The molecule has 1 N–H and O–H groups in total. The van der Waals surface area contributed by atoms with E-state index in [4.69, 9.17) is 16.0 Å². The topological polar surface area (TPSA) is 57.7 Å². The molecule has 0 radical (unpaired) electrons. The number of piperazine rings is 1. The van der Waals surface area contributed by atoms with Crippen LogP contribution < -0.4 is 0 Å². The Morgan fingerprint density at radius 2 is 1.97 bits per heavy atom. The minimum atomic E-state index is 0.195. The highest BCUT2D eigenvalue weighted by Gasteiger charge is 2.27. The Balaban J connectivity index is 1.38. The molecular formula is C22H27ClN4O2. The summed E-state index contributed by atoms with van der Waals surface area (Å²) in [5.41, 5.74) is 2.18. The molecule has 1 fully saturated rings. The van der Waals surface area contributed by atoms with Crippen LogP contribution in [0.25, 0.3) is 5.69 Å². The van der Waals surface area contributed by atoms with Crippen LogP contribution in [0.2, 0.25) is 5.02 Å². The fourth-order valence-corrected chi connectivity index (χ4v) is 4.06. The van der Waals surface area contributed by atoms with Gasteiger partial charge >= 0.3 is 0 Å². The SMILES string of the molecule is Cc1ccc(CN2CCN(Cc3cnn(-c4ccc(Cl)cc4)c3)C[C@@H]2CCO)o1. The molecule has 29 heavy (non-hydrogen) atoms. The Bertz CT molecular complexity index is 921. The third-order valence-corrected chi connectivity index (χ3v) is 5.69. The molecule has 1 aliphatic heterocycles. The molecule has 0 saturated carbocycles. The monoisotopic (exact) mass is 414 g/mol. The van der Waals surface area contributed by atoms with E-state index >= 15 is 0 Å². The van der Waals surface area contributed by atoms with E-state index in [-0.39, 0.29) is 6.61 Å². The fourth-order valence-electron chi connectivity index (χ4n) is 3.94. The first-order valence-corrected chi connectivity index (χ1v) is 10.4. The maximum Gasteiger partial charge on any atom is 0.118 e. The summed E-state index contributed by atoms with van der Waals surface area (Å²) in [6, 6.07) is 12.0. The van der Waals surface area contributed by atoms with Crippen molar-refractivity contribution in [3.8, 4) is 5.69 Å². The zero-order chi connectivity index (χ0) is 20.2. The molecule has 4 rings (SSSR count). The number of aryl methyl sites for hydroxylation is 1. The summed E-state index contributed by atoms with van der Waals surface area (Å²) in [4.78, 5) is 4.86. The Labute approximate surface area is 176 Å². The number of benzene rings is 1. The second-order valence-corrected chi connectivity index (χ2v) is 8.09. The molecule has 0 spiro atoms. The van der Waals surface area contributed by atoms with Gasteiger partial charge in [0.05, 0.1) is 18.4 Å². The second-order valence-electron chi connectivity index (χ2n) is 7.65. The van der Waals surface area contributed by atoms with Crippen molar-refractivity contribution in [2.24, 2.45) is 0 Å². The quantitative estimate of drug-likeness (QED) is 0.641. The first-order chi connectivity index (χ1) is 14.1. The van der Waals surface area contributed by atoms with Gasteiger partial charge in [-0.3, -0.25) is 9.80 Å². The van der Waals surface area contributed by atoms with Gasteiger partial charge in [-0.2, -0.15) is 5.10 Å². The predicted octanol–water partition coefficient (Wildman–Crippen LogP) is 3.50. The van der Waals surface area contributed by atoms with E-state index in [0.717, 1.165) is 61.4 Å². The van der Waals surface area contributed by atoms with Crippen LogP contribution in [0.3, 0.4) is 0 Å². The minimum Gasteiger partial charge on any atom is -0.465 e. The number of hydrogen-bond donors (Lipinski definition) is 1. The highest BCUT2D eigenvalue weighted by Crippen LogP contribution is 2.20. The summed E-state index contributed by atoms with van der Waals surface area (Å²) in [7, 11) is 0. The summed E-state index contributed by atoms with van der Waals surface area (Å²) >= 11 is 5.97. The van der Waals surface area contributed by atoms with E-state index < -0.39 is 0 Å². The van der Waals surface area contributed by atoms with Crippen LogP contribution in [0.5, 0.6) is 0 Å². The van der Waals surface area contributed by atoms with E-state index in [0.29, 0.717) is 6.04 Å². The van der Waals surface area contributed by atoms with Gasteiger partial charge in [0.15, 0.2) is 0 Å². The van der Waals surface area contributed by atoms with Gasteiger partial charge in [0, 0.05) is 55.6 Å². The van der Waals surface area contributed by atoms with E-state index in [9.17, 15) is 5.11 Å². The van der Waals surface area contributed by atoms with E-state index in [1.807, 2.05) is 54.2 Å². The third kappa shape index (κ3) is 5.08. The zero-order valence-corrected chi connectivity index (χ0v) is 17.4. The van der Waals surface area contributed by atoms with Gasteiger partial charge in [0.25, 0.3) is 0 Å². The Kier molecular flexibility index (Phi) is 6.35. The van der Waals surface area contributed by atoms with E-state index in [2.05, 4.69) is 21.1 Å². The number of hydrogen-bond acceptors (Lipinski definition) is 5. The fraction of sp³-hybridized carbons (Fsp3) is 0.409. The van der Waals surface area contributed by atoms with Gasteiger partial charge in [-0.05, 0) is 49.7 Å². The number of aliphatic hydroxyl groups excluding tert-OH is 1. The molecular weight excluding hydrogens is 388 g/mol. The van der Waals surface area contributed by atoms with Crippen molar-refractivity contribution in [2.75, 3.05) is 26.2 Å². The minimum absolute atomic E-state index is 0.195. The molecule has 0 bridgehead atoms. The number of aromatic nitrogens is 2. The van der Waals surface area contributed by atoms with Gasteiger partial charge in [0.2, 0.25) is 0 Å². The van der Waals surface area contributed by atoms with Crippen LogP contribution in [-0.4, -0.2) is 57.0 Å². The van der Waals surface area contributed by atoms with Crippen LogP contribution in [0.1, 0.15) is 23.5 Å². The summed E-state index contributed by atoms with van der Waals surface area (Å²) in [6.07, 6.45) is 4.76. The molecule has 6 nitrogen and oxygen atoms in total. The molecule has 7 heteroatoms. The number of nitrogens with zero attached hydrogens (tertiary/aromatic N) is 4. The molecule has 3 heterocycles. The number of halogens is 1. The number of rotatable bonds is 7. The largest absolute Gasteiger partial charge is 0.465 e. The van der Waals surface area contributed by atoms with Crippen molar-refractivity contribution in [1.29, 1.82) is 0 Å². The summed E-state index contributed by atoms with van der Waals surface area (Å²) in [5, 5.41) is 14.8. The molecule has 0 aliphatic carbocycles. The Hall–Kier alpha value is -2.12. The van der Waals surface area contributed by atoms with Gasteiger partial charge in [-0.1, -0.05) is 11.6 Å². The Morgan fingerprint density at radius 1 is 1.14 bits per heavy atom. The van der Waals surface area contributed by atoms with E-state index in [1.54, 1.807) is 0 Å². The van der Waals surface area contributed by atoms with Crippen LogP contribution in [0.15, 0.2) is 53.2 Å². The van der Waals surface area contributed by atoms with Crippen molar-refractivity contribution in [3.05, 3.63) is 70.9 Å². The van der Waals surface area contributed by atoms with Crippen LogP contribution in [-0.2, 0) is 13.1 Å². The first kappa shape index (κ1) is 20.2. The van der Waals surface area contributed by atoms with Gasteiger partial charge in [-0.25, -0.2) is 4.68 Å². The maximum atomic E-state index is 9.54. The lowest BCUT2D eigenvalue weighted by molar-refractivity contribution is 0.0454. The van der Waals surface area contributed by atoms with Crippen molar-refractivity contribution in [1.82, 2.24) is 19.6 Å². The standard InChI is InChI=1S/C22H27ClN4O2/c1-17-2-7-22(29-17)16-26-10-9-25(15-21(26)8-11-28)13-18-12-24-27(14-18)20-5-3-19(23)4-6-20/h2-7,12,14,21,28H,8-11,13,15-16H2,1H3/t21-/m0/s1. The van der Waals surface area contributed by atoms with Gasteiger partial charge in [-0.15, -0.1) is 0 Å². The second kappa shape index (κ2) is 9.13. The molecule has 1 aliphatic rings. The van der Waals surface area contributed by atoms with E-state index in [1.165, 1.54) is 5.56 Å². The average Bonchev–Trinajstić information content (AvgIpc) is 3.34. The van der Waals surface area contributed by atoms with Crippen LogP contribution >= 0.6 is 11.6 Å². The van der Waals surface area contributed by atoms with Gasteiger partial charge < -0.3 is 9.52 Å². The lowest BCUT2D eigenvalue weighted by Gasteiger charge is -2.41. The lowest BCUT2D eigenvalue weighted by Crippen LogP contribution is -2.52. The summed E-state index contributed by atoms with van der Waals surface area (Å²) in [6.45, 7) is 6.66. The summed E-state index contributed by atoms with van der Waals surface area (Å²) < 4.78 is 7.63. The average molecular weight is 415 g/mol. The van der Waals surface area contributed by atoms with Gasteiger partial charge in [0.1, 0.15) is 11.5 Å².